The Bertz CT molecular complexity index is 393. The summed E-state index contributed by atoms with van der Waals surface area (Å²) in [7, 11) is 4.25. The van der Waals surface area contributed by atoms with Crippen molar-refractivity contribution in [2.75, 3.05) is 25.0 Å². The molecule has 1 aromatic rings. The first kappa shape index (κ1) is 13.4. The second kappa shape index (κ2) is 5.74. The third-order valence-corrected chi connectivity index (χ3v) is 3.98. The zero-order valence-corrected chi connectivity index (χ0v) is 12.2. The summed E-state index contributed by atoms with van der Waals surface area (Å²) in [6.07, 6.45) is 4.20. The molecule has 0 bridgehead atoms. The number of hydrogen-bond acceptors (Lipinski definition) is 3. The van der Waals surface area contributed by atoms with Gasteiger partial charge in [-0.15, -0.1) is 0 Å². The fraction of sp³-hybridized carbons (Fsp3) is 0.786. The number of anilines is 1. The molecule has 0 amide bonds. The fourth-order valence-corrected chi connectivity index (χ4v) is 2.77. The number of hydrogen-bond donors (Lipinski definition) is 1. The van der Waals surface area contributed by atoms with Crippen molar-refractivity contribution in [3.8, 4) is 0 Å². The van der Waals surface area contributed by atoms with Gasteiger partial charge < -0.3 is 10.2 Å². The van der Waals surface area contributed by atoms with Gasteiger partial charge in [0.25, 0.3) is 0 Å². The zero-order valence-electron chi connectivity index (χ0n) is 12.2. The van der Waals surface area contributed by atoms with E-state index in [1.165, 1.54) is 30.6 Å². The van der Waals surface area contributed by atoms with Crippen molar-refractivity contribution in [1.29, 1.82) is 0 Å². The first-order chi connectivity index (χ1) is 8.63. The third-order valence-electron chi connectivity index (χ3n) is 3.98. The van der Waals surface area contributed by atoms with Crippen LogP contribution in [-0.4, -0.2) is 29.9 Å². The average molecular weight is 250 g/mol. The molecule has 0 spiro atoms. The molecule has 0 aliphatic heterocycles. The van der Waals surface area contributed by atoms with Crippen LogP contribution in [0.1, 0.15) is 37.4 Å². The maximum absolute atomic E-state index is 4.57. The minimum Gasteiger partial charge on any atom is -0.359 e. The molecule has 1 aliphatic rings. The van der Waals surface area contributed by atoms with Crippen molar-refractivity contribution in [2.45, 2.75) is 39.7 Å². The lowest BCUT2D eigenvalue weighted by atomic mass is 9.85. The van der Waals surface area contributed by atoms with Gasteiger partial charge in [0.05, 0.1) is 5.69 Å². The van der Waals surface area contributed by atoms with Crippen molar-refractivity contribution < 1.29 is 0 Å². The Morgan fingerprint density at radius 3 is 2.72 bits per heavy atom. The third kappa shape index (κ3) is 2.69. The molecule has 4 heteroatoms. The molecule has 2 rings (SSSR count). The minimum absolute atomic E-state index is 0.886. The number of aryl methyl sites for hydroxylation is 2. The van der Waals surface area contributed by atoms with E-state index < -0.39 is 0 Å². The highest BCUT2D eigenvalue weighted by molar-refractivity contribution is 5.49. The van der Waals surface area contributed by atoms with E-state index in [4.69, 9.17) is 0 Å². The summed E-state index contributed by atoms with van der Waals surface area (Å²) in [5.41, 5.74) is 2.50. The molecular weight excluding hydrogens is 224 g/mol. The van der Waals surface area contributed by atoms with Crippen LogP contribution < -0.4 is 10.2 Å². The highest BCUT2D eigenvalue weighted by Gasteiger charge is 2.22. The van der Waals surface area contributed by atoms with Crippen LogP contribution in [0.2, 0.25) is 0 Å². The Morgan fingerprint density at radius 1 is 1.44 bits per heavy atom. The number of nitrogens with zero attached hydrogens (tertiary/aromatic N) is 3. The van der Waals surface area contributed by atoms with Gasteiger partial charge in [0.2, 0.25) is 0 Å². The molecule has 1 aromatic heterocycles. The predicted octanol–water partition coefficient (Wildman–Crippen LogP) is 2.07. The molecular formula is C14H26N4. The van der Waals surface area contributed by atoms with E-state index in [0.29, 0.717) is 0 Å². The maximum Gasteiger partial charge on any atom is 0.131 e. The van der Waals surface area contributed by atoms with E-state index in [2.05, 4.69) is 43.3 Å². The van der Waals surface area contributed by atoms with Crippen LogP contribution in [-0.2, 0) is 13.6 Å². The van der Waals surface area contributed by atoms with E-state index in [-0.39, 0.29) is 0 Å². The van der Waals surface area contributed by atoms with E-state index in [0.717, 1.165) is 31.2 Å². The van der Waals surface area contributed by atoms with Gasteiger partial charge in [0.1, 0.15) is 5.82 Å². The van der Waals surface area contributed by atoms with E-state index in [1.54, 1.807) is 0 Å². The number of rotatable bonds is 6. The summed E-state index contributed by atoms with van der Waals surface area (Å²) in [6, 6.07) is 0. The second-order valence-corrected chi connectivity index (χ2v) is 5.47. The molecule has 1 heterocycles. The Kier molecular flexibility index (Phi) is 4.27. The van der Waals surface area contributed by atoms with Crippen molar-refractivity contribution in [1.82, 2.24) is 15.1 Å². The standard InChI is InChI=1S/C14H26N4/c1-5-15-9-13-11(2)16-18(4)14(13)17(3)10-12-7-6-8-12/h12,15H,5-10H2,1-4H3. The van der Waals surface area contributed by atoms with Gasteiger partial charge in [-0.05, 0) is 32.2 Å². The Morgan fingerprint density at radius 2 is 2.17 bits per heavy atom. The molecule has 0 saturated heterocycles. The normalized spacial score (nSPS) is 15.8. The quantitative estimate of drug-likeness (QED) is 0.839. The predicted molar refractivity (Wildman–Crippen MR) is 75.9 cm³/mol. The van der Waals surface area contributed by atoms with Crippen LogP contribution >= 0.6 is 0 Å². The summed E-state index contributed by atoms with van der Waals surface area (Å²) in [4.78, 5) is 2.39. The van der Waals surface area contributed by atoms with Crippen molar-refractivity contribution in [2.24, 2.45) is 13.0 Å². The minimum atomic E-state index is 0.886. The Balaban J connectivity index is 2.12. The summed E-state index contributed by atoms with van der Waals surface area (Å²) >= 11 is 0. The second-order valence-electron chi connectivity index (χ2n) is 5.47. The first-order valence-electron chi connectivity index (χ1n) is 7.07. The Hall–Kier alpha value is -1.03. The molecule has 0 radical (unpaired) electrons. The molecule has 18 heavy (non-hydrogen) atoms. The topological polar surface area (TPSA) is 33.1 Å². The molecule has 102 valence electrons. The first-order valence-corrected chi connectivity index (χ1v) is 7.07. The molecule has 1 N–H and O–H groups in total. The van der Waals surface area contributed by atoms with Gasteiger partial charge in [-0.3, -0.25) is 4.68 Å². The molecule has 0 aromatic carbocycles. The van der Waals surface area contributed by atoms with Crippen molar-refractivity contribution in [3.05, 3.63) is 11.3 Å². The van der Waals surface area contributed by atoms with Gasteiger partial charge in [-0.25, -0.2) is 0 Å². The Labute approximate surface area is 110 Å². The van der Waals surface area contributed by atoms with Crippen LogP contribution in [0.3, 0.4) is 0 Å². The highest BCUT2D eigenvalue weighted by Crippen LogP contribution is 2.30. The lowest BCUT2D eigenvalue weighted by molar-refractivity contribution is 0.320. The maximum atomic E-state index is 4.57. The van der Waals surface area contributed by atoms with Crippen LogP contribution in [0.15, 0.2) is 0 Å². The van der Waals surface area contributed by atoms with Crippen LogP contribution in [0.25, 0.3) is 0 Å². The summed E-state index contributed by atoms with van der Waals surface area (Å²) in [6.45, 7) is 7.33. The monoisotopic (exact) mass is 250 g/mol. The lowest BCUT2D eigenvalue weighted by Crippen LogP contribution is -2.31. The number of aromatic nitrogens is 2. The molecule has 1 aliphatic carbocycles. The SMILES string of the molecule is CCNCc1c(C)nn(C)c1N(C)CC1CCC1. The summed E-state index contributed by atoms with van der Waals surface area (Å²) in [5.74, 6) is 2.16. The van der Waals surface area contributed by atoms with Crippen LogP contribution in [0.5, 0.6) is 0 Å². The van der Waals surface area contributed by atoms with Gasteiger partial charge in [-0.1, -0.05) is 13.3 Å². The highest BCUT2D eigenvalue weighted by atomic mass is 15.4. The smallest absolute Gasteiger partial charge is 0.131 e. The molecule has 0 unspecified atom stereocenters. The fourth-order valence-electron chi connectivity index (χ4n) is 2.77. The molecule has 1 fully saturated rings. The summed E-state index contributed by atoms with van der Waals surface area (Å²) < 4.78 is 2.03. The molecule has 1 saturated carbocycles. The van der Waals surface area contributed by atoms with Crippen molar-refractivity contribution >= 4 is 5.82 Å². The lowest BCUT2D eigenvalue weighted by Gasteiger charge is -2.31. The number of nitrogens with one attached hydrogen (secondary N) is 1. The largest absolute Gasteiger partial charge is 0.359 e. The van der Waals surface area contributed by atoms with Crippen LogP contribution in [0, 0.1) is 12.8 Å². The van der Waals surface area contributed by atoms with Gasteiger partial charge in [-0.2, -0.15) is 5.10 Å². The van der Waals surface area contributed by atoms with E-state index in [9.17, 15) is 0 Å². The zero-order chi connectivity index (χ0) is 13.1. The van der Waals surface area contributed by atoms with Gasteiger partial charge >= 0.3 is 0 Å². The van der Waals surface area contributed by atoms with Gasteiger partial charge in [0, 0.05) is 32.7 Å². The molecule has 0 atom stereocenters. The van der Waals surface area contributed by atoms with Crippen molar-refractivity contribution in [3.63, 3.8) is 0 Å². The van der Waals surface area contributed by atoms with Crippen LogP contribution in [0.4, 0.5) is 5.82 Å². The molecule has 4 nitrogen and oxygen atoms in total. The average Bonchev–Trinajstić information content (AvgIpc) is 2.55. The summed E-state index contributed by atoms with van der Waals surface area (Å²) in [5, 5.41) is 7.99. The van der Waals surface area contributed by atoms with E-state index >= 15 is 0 Å². The van der Waals surface area contributed by atoms with Gasteiger partial charge in [0.15, 0.2) is 0 Å². The van der Waals surface area contributed by atoms with E-state index in [1.807, 2.05) is 4.68 Å².